The summed E-state index contributed by atoms with van der Waals surface area (Å²) < 4.78 is 0. The van der Waals surface area contributed by atoms with Gasteiger partial charge in [0.05, 0.1) is 11.9 Å². The molecule has 0 spiro atoms. The number of hydrogen-bond acceptors (Lipinski definition) is 5. The van der Waals surface area contributed by atoms with Crippen molar-refractivity contribution >= 4 is 29.0 Å². The van der Waals surface area contributed by atoms with Crippen LogP contribution in [0.5, 0.6) is 0 Å². The van der Waals surface area contributed by atoms with Gasteiger partial charge in [0.15, 0.2) is 6.29 Å². The third-order valence-electron chi connectivity index (χ3n) is 3.06. The largest absolute Gasteiger partial charge is 0.298 e. The minimum atomic E-state index is 0.608. The van der Waals surface area contributed by atoms with Crippen LogP contribution in [0.15, 0.2) is 65.1 Å². The zero-order valence-corrected chi connectivity index (χ0v) is 12.5. The summed E-state index contributed by atoms with van der Waals surface area (Å²) in [6.07, 6.45) is 2.44. The van der Waals surface area contributed by atoms with Crippen LogP contribution in [-0.2, 0) is 0 Å². The smallest absolute Gasteiger partial charge is 0.203 e. The summed E-state index contributed by atoms with van der Waals surface area (Å²) in [6, 6.07) is 17.3. The zero-order valence-electron chi connectivity index (χ0n) is 11.6. The number of aromatic nitrogens is 1. The predicted molar refractivity (Wildman–Crippen MR) is 90.6 cm³/mol. The lowest BCUT2D eigenvalue weighted by Crippen LogP contribution is -1.94. The van der Waals surface area contributed by atoms with E-state index >= 15 is 0 Å². The summed E-state index contributed by atoms with van der Waals surface area (Å²) in [7, 11) is 0. The quantitative estimate of drug-likeness (QED) is 0.439. The Morgan fingerprint density at radius 2 is 1.73 bits per heavy atom. The molecule has 2 aromatic carbocycles. The van der Waals surface area contributed by atoms with Crippen LogP contribution in [-0.4, -0.2) is 17.5 Å². The molecule has 5 heteroatoms. The highest BCUT2D eigenvalue weighted by Crippen LogP contribution is 2.24. The van der Waals surface area contributed by atoms with Crippen LogP contribution in [0.25, 0.3) is 11.3 Å². The molecule has 0 radical (unpaired) electrons. The van der Waals surface area contributed by atoms with Gasteiger partial charge in [-0.3, -0.25) is 10.2 Å². The van der Waals surface area contributed by atoms with Gasteiger partial charge >= 0.3 is 0 Å². The first-order valence-electron chi connectivity index (χ1n) is 6.71. The van der Waals surface area contributed by atoms with Gasteiger partial charge < -0.3 is 0 Å². The first-order chi connectivity index (χ1) is 10.9. The highest BCUT2D eigenvalue weighted by Gasteiger charge is 2.03. The van der Waals surface area contributed by atoms with E-state index in [0.29, 0.717) is 10.7 Å². The Bertz CT molecular complexity index is 796. The summed E-state index contributed by atoms with van der Waals surface area (Å²) in [6.45, 7) is 0. The molecule has 0 unspecified atom stereocenters. The monoisotopic (exact) mass is 307 g/mol. The van der Waals surface area contributed by atoms with Crippen molar-refractivity contribution in [3.63, 3.8) is 0 Å². The molecule has 1 heterocycles. The standard InChI is InChI=1S/C17H13N3OS/c21-11-15-9-5-4-8-14(15)10-18-20-17-19-16(12-22-17)13-6-2-1-3-7-13/h1-12H,(H,19,20)/b18-10-. The number of carbonyl (C=O) groups is 1. The van der Waals surface area contributed by atoms with E-state index in [2.05, 4.69) is 15.5 Å². The molecule has 0 fully saturated rings. The lowest BCUT2D eigenvalue weighted by Gasteiger charge is -1.97. The molecule has 108 valence electrons. The van der Waals surface area contributed by atoms with E-state index < -0.39 is 0 Å². The number of rotatable bonds is 5. The Labute approximate surface area is 132 Å². The first kappa shape index (κ1) is 14.2. The van der Waals surface area contributed by atoms with Gasteiger partial charge in [-0.1, -0.05) is 54.6 Å². The molecule has 0 saturated heterocycles. The normalized spacial score (nSPS) is 10.7. The Kier molecular flexibility index (Phi) is 4.36. The maximum atomic E-state index is 10.9. The first-order valence-corrected chi connectivity index (χ1v) is 7.59. The third kappa shape index (κ3) is 3.27. The Morgan fingerprint density at radius 3 is 2.50 bits per heavy atom. The summed E-state index contributed by atoms with van der Waals surface area (Å²) in [5.74, 6) is 0. The predicted octanol–water partition coefficient (Wildman–Crippen LogP) is 4.07. The Morgan fingerprint density at radius 1 is 1.00 bits per heavy atom. The summed E-state index contributed by atoms with van der Waals surface area (Å²) in [4.78, 5) is 15.4. The number of hydrogen-bond donors (Lipinski definition) is 1. The van der Waals surface area contributed by atoms with Gasteiger partial charge in [0.25, 0.3) is 0 Å². The van der Waals surface area contributed by atoms with Crippen LogP contribution >= 0.6 is 11.3 Å². The fraction of sp³-hybridized carbons (Fsp3) is 0. The average Bonchev–Trinajstić information content (AvgIpc) is 3.05. The van der Waals surface area contributed by atoms with Gasteiger partial charge in [0.2, 0.25) is 5.13 Å². The minimum Gasteiger partial charge on any atom is -0.298 e. The molecule has 0 saturated carbocycles. The maximum absolute atomic E-state index is 10.9. The van der Waals surface area contributed by atoms with E-state index in [9.17, 15) is 4.79 Å². The average molecular weight is 307 g/mol. The number of thiazole rings is 1. The van der Waals surface area contributed by atoms with Crippen molar-refractivity contribution in [2.45, 2.75) is 0 Å². The van der Waals surface area contributed by atoms with Gasteiger partial charge in [-0.05, 0) is 0 Å². The fourth-order valence-corrected chi connectivity index (χ4v) is 2.63. The Balaban J connectivity index is 1.71. The molecule has 0 aliphatic heterocycles. The number of aldehydes is 1. The highest BCUT2D eigenvalue weighted by atomic mass is 32.1. The molecule has 3 aromatic rings. The second-order valence-corrected chi connectivity index (χ2v) is 5.38. The molecule has 0 atom stereocenters. The van der Waals surface area contributed by atoms with E-state index in [0.717, 1.165) is 23.1 Å². The van der Waals surface area contributed by atoms with Gasteiger partial charge in [0, 0.05) is 22.1 Å². The van der Waals surface area contributed by atoms with E-state index in [-0.39, 0.29) is 0 Å². The van der Waals surface area contributed by atoms with Crippen molar-refractivity contribution in [3.05, 3.63) is 71.1 Å². The fourth-order valence-electron chi connectivity index (χ4n) is 1.96. The van der Waals surface area contributed by atoms with E-state index in [1.54, 1.807) is 12.3 Å². The third-order valence-corrected chi connectivity index (χ3v) is 3.81. The molecule has 0 amide bonds. The molecule has 0 aliphatic carbocycles. The second-order valence-electron chi connectivity index (χ2n) is 4.52. The molecule has 3 rings (SSSR count). The van der Waals surface area contributed by atoms with Crippen molar-refractivity contribution in [3.8, 4) is 11.3 Å². The number of hydrazone groups is 1. The van der Waals surface area contributed by atoms with E-state index in [1.807, 2.05) is 53.9 Å². The molecule has 0 aliphatic rings. The van der Waals surface area contributed by atoms with Crippen LogP contribution in [0.4, 0.5) is 5.13 Å². The van der Waals surface area contributed by atoms with E-state index in [1.165, 1.54) is 11.3 Å². The summed E-state index contributed by atoms with van der Waals surface area (Å²) in [5, 5.41) is 6.83. The van der Waals surface area contributed by atoms with Crippen LogP contribution in [0.3, 0.4) is 0 Å². The van der Waals surface area contributed by atoms with Crippen LogP contribution < -0.4 is 5.43 Å². The maximum Gasteiger partial charge on any atom is 0.203 e. The molecular weight excluding hydrogens is 294 g/mol. The molecule has 22 heavy (non-hydrogen) atoms. The van der Waals surface area contributed by atoms with Crippen molar-refractivity contribution in [1.82, 2.24) is 4.98 Å². The van der Waals surface area contributed by atoms with Crippen molar-refractivity contribution in [1.29, 1.82) is 0 Å². The van der Waals surface area contributed by atoms with Crippen molar-refractivity contribution in [2.75, 3.05) is 5.43 Å². The number of benzene rings is 2. The number of nitrogens with one attached hydrogen (secondary N) is 1. The number of anilines is 1. The van der Waals surface area contributed by atoms with Gasteiger partial charge in [-0.25, -0.2) is 4.98 Å². The highest BCUT2D eigenvalue weighted by molar-refractivity contribution is 7.14. The van der Waals surface area contributed by atoms with Gasteiger partial charge in [0.1, 0.15) is 0 Å². The summed E-state index contributed by atoms with van der Waals surface area (Å²) in [5.41, 5.74) is 6.26. The lowest BCUT2D eigenvalue weighted by atomic mass is 10.1. The van der Waals surface area contributed by atoms with Crippen molar-refractivity contribution in [2.24, 2.45) is 5.10 Å². The molecule has 4 nitrogen and oxygen atoms in total. The second kappa shape index (κ2) is 6.78. The number of carbonyl (C=O) groups excluding carboxylic acids is 1. The lowest BCUT2D eigenvalue weighted by molar-refractivity contribution is 0.112. The van der Waals surface area contributed by atoms with E-state index in [4.69, 9.17) is 0 Å². The van der Waals surface area contributed by atoms with Crippen LogP contribution in [0, 0.1) is 0 Å². The SMILES string of the molecule is O=Cc1ccccc1/C=N\Nc1nc(-c2ccccc2)cs1. The van der Waals surface area contributed by atoms with Gasteiger partial charge in [-0.15, -0.1) is 11.3 Å². The summed E-state index contributed by atoms with van der Waals surface area (Å²) >= 11 is 1.48. The van der Waals surface area contributed by atoms with Gasteiger partial charge in [-0.2, -0.15) is 5.10 Å². The topological polar surface area (TPSA) is 54.4 Å². The molecular formula is C17H13N3OS. The Hall–Kier alpha value is -2.79. The number of nitrogens with zero attached hydrogens (tertiary/aromatic N) is 2. The molecule has 0 bridgehead atoms. The van der Waals surface area contributed by atoms with Crippen molar-refractivity contribution < 1.29 is 4.79 Å². The van der Waals surface area contributed by atoms with Crippen LogP contribution in [0.1, 0.15) is 15.9 Å². The molecule has 1 N–H and O–H groups in total. The minimum absolute atomic E-state index is 0.608. The molecule has 1 aromatic heterocycles. The zero-order chi connectivity index (χ0) is 15.2. The van der Waals surface area contributed by atoms with Crippen LogP contribution in [0.2, 0.25) is 0 Å².